The first-order valence-electron chi connectivity index (χ1n) is 11.7. The summed E-state index contributed by atoms with van der Waals surface area (Å²) in [5.74, 6) is 1.75. The van der Waals surface area contributed by atoms with Gasteiger partial charge in [-0.2, -0.15) is 0 Å². The Balaban J connectivity index is 1.26. The largest absolute Gasteiger partial charge is 0.341 e. The van der Waals surface area contributed by atoms with Crippen LogP contribution in [0.1, 0.15) is 38.3 Å². The quantitative estimate of drug-likeness (QED) is 0.394. The Morgan fingerprint density at radius 3 is 2.65 bits per heavy atom. The van der Waals surface area contributed by atoms with Crippen molar-refractivity contribution < 1.29 is 0 Å². The van der Waals surface area contributed by atoms with Crippen LogP contribution >= 0.6 is 0 Å². The maximum Gasteiger partial charge on any atom is 0.227 e. The number of rotatable bonds is 5. The molecular formula is C26H26N8. The minimum absolute atomic E-state index is 0.385. The normalized spacial score (nSPS) is 13.9. The van der Waals surface area contributed by atoms with Gasteiger partial charge < -0.3 is 14.6 Å². The van der Waals surface area contributed by atoms with E-state index in [0.717, 1.165) is 58.2 Å². The van der Waals surface area contributed by atoms with Crippen LogP contribution < -0.4 is 10.2 Å². The van der Waals surface area contributed by atoms with Gasteiger partial charge in [-0.05, 0) is 49.1 Å². The number of nitrogens with one attached hydrogen (secondary N) is 1. The van der Waals surface area contributed by atoms with Crippen LogP contribution in [0.5, 0.6) is 0 Å². The van der Waals surface area contributed by atoms with Gasteiger partial charge in [0.15, 0.2) is 0 Å². The molecule has 8 heteroatoms. The SMILES string of the molecule is CC(C)c1cn2cc(Nc3nccc(-c4ccc5nc(N6CCCC6)ncc5c4)n3)ccc2n1. The van der Waals surface area contributed by atoms with Gasteiger partial charge in [0.05, 0.1) is 22.6 Å². The Morgan fingerprint density at radius 1 is 0.912 bits per heavy atom. The molecule has 0 radical (unpaired) electrons. The summed E-state index contributed by atoms with van der Waals surface area (Å²) in [6, 6.07) is 12.1. The molecule has 6 rings (SSSR count). The molecule has 1 aliphatic heterocycles. The monoisotopic (exact) mass is 450 g/mol. The average molecular weight is 451 g/mol. The molecule has 170 valence electrons. The summed E-state index contributed by atoms with van der Waals surface area (Å²) in [7, 11) is 0. The van der Waals surface area contributed by atoms with E-state index in [9.17, 15) is 0 Å². The Kier molecular flexibility index (Phi) is 5.05. The highest BCUT2D eigenvalue weighted by Gasteiger charge is 2.15. The number of fused-ring (bicyclic) bond motifs is 2. The summed E-state index contributed by atoms with van der Waals surface area (Å²) in [5, 5.41) is 4.32. The van der Waals surface area contributed by atoms with E-state index >= 15 is 0 Å². The molecule has 1 aromatic carbocycles. The number of hydrogen-bond donors (Lipinski definition) is 1. The third-order valence-corrected chi connectivity index (χ3v) is 6.22. The van der Waals surface area contributed by atoms with Crippen LogP contribution in [0.15, 0.2) is 61.2 Å². The molecule has 1 fully saturated rings. The number of aromatic nitrogens is 6. The number of anilines is 3. The van der Waals surface area contributed by atoms with Gasteiger partial charge in [-0.3, -0.25) is 0 Å². The molecule has 1 saturated heterocycles. The van der Waals surface area contributed by atoms with Crippen LogP contribution in [0.2, 0.25) is 0 Å². The lowest BCUT2D eigenvalue weighted by Crippen LogP contribution is -2.20. The maximum absolute atomic E-state index is 4.77. The van der Waals surface area contributed by atoms with E-state index in [0.29, 0.717) is 11.9 Å². The van der Waals surface area contributed by atoms with Crippen molar-refractivity contribution in [3.05, 3.63) is 66.9 Å². The van der Waals surface area contributed by atoms with Crippen LogP contribution in [0, 0.1) is 0 Å². The van der Waals surface area contributed by atoms with Crippen molar-refractivity contribution in [2.75, 3.05) is 23.3 Å². The van der Waals surface area contributed by atoms with Gasteiger partial charge in [0.25, 0.3) is 0 Å². The fourth-order valence-corrected chi connectivity index (χ4v) is 4.32. The molecule has 0 spiro atoms. The van der Waals surface area contributed by atoms with Gasteiger partial charge in [0, 0.05) is 48.8 Å². The van der Waals surface area contributed by atoms with Crippen molar-refractivity contribution >= 4 is 34.1 Å². The number of hydrogen-bond acceptors (Lipinski definition) is 7. The highest BCUT2D eigenvalue weighted by molar-refractivity contribution is 5.84. The maximum atomic E-state index is 4.77. The molecule has 0 unspecified atom stereocenters. The second-order valence-electron chi connectivity index (χ2n) is 9.03. The number of benzene rings is 1. The van der Waals surface area contributed by atoms with Crippen LogP contribution in [-0.2, 0) is 0 Å². The van der Waals surface area contributed by atoms with Gasteiger partial charge in [-0.1, -0.05) is 19.9 Å². The van der Waals surface area contributed by atoms with Crippen molar-refractivity contribution in [2.24, 2.45) is 0 Å². The topological polar surface area (TPSA) is 84.1 Å². The molecule has 4 aromatic heterocycles. The predicted molar refractivity (Wildman–Crippen MR) is 135 cm³/mol. The second kappa shape index (κ2) is 8.37. The smallest absolute Gasteiger partial charge is 0.227 e. The van der Waals surface area contributed by atoms with E-state index in [-0.39, 0.29) is 0 Å². The first kappa shape index (κ1) is 20.5. The molecule has 5 aromatic rings. The van der Waals surface area contributed by atoms with E-state index in [2.05, 4.69) is 57.3 Å². The first-order valence-corrected chi connectivity index (χ1v) is 11.7. The third-order valence-electron chi connectivity index (χ3n) is 6.22. The molecule has 8 nitrogen and oxygen atoms in total. The van der Waals surface area contributed by atoms with Gasteiger partial charge >= 0.3 is 0 Å². The molecule has 34 heavy (non-hydrogen) atoms. The summed E-state index contributed by atoms with van der Waals surface area (Å²) in [6.07, 6.45) is 10.2. The molecule has 5 heterocycles. The van der Waals surface area contributed by atoms with Crippen LogP contribution in [0.25, 0.3) is 27.8 Å². The fourth-order valence-electron chi connectivity index (χ4n) is 4.32. The van der Waals surface area contributed by atoms with Crippen molar-refractivity contribution in [3.8, 4) is 11.3 Å². The molecule has 1 aliphatic rings. The molecule has 1 N–H and O–H groups in total. The minimum Gasteiger partial charge on any atom is -0.341 e. The first-order chi connectivity index (χ1) is 16.6. The van der Waals surface area contributed by atoms with E-state index in [1.165, 1.54) is 12.8 Å². The summed E-state index contributed by atoms with van der Waals surface area (Å²) >= 11 is 0. The molecule has 0 bridgehead atoms. The van der Waals surface area contributed by atoms with Gasteiger partial charge in [-0.15, -0.1) is 0 Å². The van der Waals surface area contributed by atoms with Crippen LogP contribution in [0.3, 0.4) is 0 Å². The molecular weight excluding hydrogens is 424 g/mol. The lowest BCUT2D eigenvalue weighted by atomic mass is 10.1. The number of nitrogens with zero attached hydrogens (tertiary/aromatic N) is 7. The van der Waals surface area contributed by atoms with Gasteiger partial charge in [0.2, 0.25) is 11.9 Å². The molecule has 0 atom stereocenters. The van der Waals surface area contributed by atoms with Crippen molar-refractivity contribution in [3.63, 3.8) is 0 Å². The number of imidazole rings is 1. The molecule has 0 saturated carbocycles. The Bertz CT molecular complexity index is 1480. The van der Waals surface area contributed by atoms with E-state index in [1.54, 1.807) is 6.20 Å². The third kappa shape index (κ3) is 3.91. The molecule has 0 amide bonds. The van der Waals surface area contributed by atoms with Crippen molar-refractivity contribution in [1.82, 2.24) is 29.3 Å². The van der Waals surface area contributed by atoms with Gasteiger partial charge in [0.1, 0.15) is 5.65 Å². The standard InChI is InChI=1S/C26H26N8/c1-17(2)23-16-34-15-20(6-8-24(34)30-23)29-25-27-10-9-22(31-25)18-5-7-21-19(13-18)14-28-26(32-21)33-11-3-4-12-33/h5-10,13-17H,3-4,11-12H2,1-2H3,(H,27,29,31). The lowest BCUT2D eigenvalue weighted by Gasteiger charge is -2.15. The zero-order valence-electron chi connectivity index (χ0n) is 19.3. The summed E-state index contributed by atoms with van der Waals surface area (Å²) in [4.78, 5) is 25.4. The Hall–Kier alpha value is -4.07. The minimum atomic E-state index is 0.385. The zero-order valence-corrected chi connectivity index (χ0v) is 19.3. The Labute approximate surface area is 197 Å². The molecule has 0 aliphatic carbocycles. The van der Waals surface area contributed by atoms with Crippen LogP contribution in [-0.4, -0.2) is 42.4 Å². The fraction of sp³-hybridized carbons (Fsp3) is 0.269. The number of pyridine rings is 1. The summed E-state index contributed by atoms with van der Waals surface area (Å²) in [6.45, 7) is 6.36. The predicted octanol–water partition coefficient (Wildman–Crippen LogP) is 5.20. The van der Waals surface area contributed by atoms with E-state index in [1.807, 2.05) is 41.1 Å². The highest BCUT2D eigenvalue weighted by atomic mass is 15.3. The van der Waals surface area contributed by atoms with Crippen molar-refractivity contribution in [1.29, 1.82) is 0 Å². The Morgan fingerprint density at radius 2 is 1.79 bits per heavy atom. The summed E-state index contributed by atoms with van der Waals surface area (Å²) in [5.41, 5.74) is 5.69. The van der Waals surface area contributed by atoms with E-state index < -0.39 is 0 Å². The zero-order chi connectivity index (χ0) is 23.1. The van der Waals surface area contributed by atoms with Crippen LogP contribution in [0.4, 0.5) is 17.6 Å². The van der Waals surface area contributed by atoms with Crippen molar-refractivity contribution in [2.45, 2.75) is 32.6 Å². The summed E-state index contributed by atoms with van der Waals surface area (Å²) < 4.78 is 2.03. The van der Waals surface area contributed by atoms with Gasteiger partial charge in [-0.25, -0.2) is 24.9 Å². The van der Waals surface area contributed by atoms with E-state index in [4.69, 9.17) is 9.97 Å². The second-order valence-corrected chi connectivity index (χ2v) is 9.03. The highest BCUT2D eigenvalue weighted by Crippen LogP contribution is 2.25. The average Bonchev–Trinajstić information content (AvgIpc) is 3.54. The lowest BCUT2D eigenvalue weighted by molar-refractivity contribution is 0.834.